The van der Waals surface area contributed by atoms with Gasteiger partial charge in [-0.15, -0.1) is 5.10 Å². The summed E-state index contributed by atoms with van der Waals surface area (Å²) < 4.78 is 1.63. The van der Waals surface area contributed by atoms with E-state index in [1.807, 2.05) is 6.07 Å². The fourth-order valence-electron chi connectivity index (χ4n) is 0.830. The molecule has 0 radical (unpaired) electrons. The molecule has 0 aliphatic rings. The summed E-state index contributed by atoms with van der Waals surface area (Å²) in [7, 11) is 0. The molecule has 4 heteroatoms. The molecule has 2 N–H and O–H groups in total. The van der Waals surface area contributed by atoms with Gasteiger partial charge in [0.1, 0.15) is 5.82 Å². The molecular formula is C6H6N4. The topological polar surface area (TPSA) is 56.2 Å². The molecule has 4 nitrogen and oxygen atoms in total. The van der Waals surface area contributed by atoms with Crippen LogP contribution in [0.4, 0.5) is 5.82 Å². The van der Waals surface area contributed by atoms with Crippen LogP contribution in [0.2, 0.25) is 0 Å². The highest BCUT2D eigenvalue weighted by atomic mass is 15.3. The Kier molecular flexibility index (Phi) is 0.887. The summed E-state index contributed by atoms with van der Waals surface area (Å²) in [6, 6.07) is 3.55. The molecule has 0 saturated heterocycles. The molecule has 2 heterocycles. The Hall–Kier alpha value is -1.58. The van der Waals surface area contributed by atoms with Crippen LogP contribution in [0.1, 0.15) is 0 Å². The van der Waals surface area contributed by atoms with Crippen molar-refractivity contribution in [2.24, 2.45) is 0 Å². The van der Waals surface area contributed by atoms with Crippen LogP contribution < -0.4 is 5.73 Å². The third kappa shape index (κ3) is 0.621. The maximum atomic E-state index is 5.42. The smallest absolute Gasteiger partial charge is 0.153 e. The van der Waals surface area contributed by atoms with Gasteiger partial charge in [-0.05, 0) is 12.1 Å². The highest BCUT2D eigenvalue weighted by Gasteiger charge is 1.91. The molecule has 10 heavy (non-hydrogen) atoms. The number of hydrogen-bond donors (Lipinski definition) is 1. The van der Waals surface area contributed by atoms with Crippen molar-refractivity contribution in [2.45, 2.75) is 0 Å². The highest BCUT2D eigenvalue weighted by molar-refractivity contribution is 5.41. The third-order valence-electron chi connectivity index (χ3n) is 1.28. The van der Waals surface area contributed by atoms with Gasteiger partial charge in [0, 0.05) is 12.4 Å². The van der Waals surface area contributed by atoms with Gasteiger partial charge in [0.05, 0.1) is 0 Å². The molecule has 2 aromatic heterocycles. The van der Waals surface area contributed by atoms with Gasteiger partial charge in [-0.2, -0.15) is 0 Å². The van der Waals surface area contributed by atoms with Gasteiger partial charge in [-0.25, -0.2) is 9.50 Å². The SMILES string of the molecule is Nc1ccc2nccn2n1. The summed E-state index contributed by atoms with van der Waals surface area (Å²) in [5, 5.41) is 3.97. The summed E-state index contributed by atoms with van der Waals surface area (Å²) in [5.74, 6) is 0.505. The Balaban J connectivity index is 2.86. The maximum absolute atomic E-state index is 5.42. The number of rotatable bonds is 0. The largest absolute Gasteiger partial charge is 0.382 e. The predicted molar refractivity (Wildman–Crippen MR) is 37.4 cm³/mol. The number of nitrogen functional groups attached to an aromatic ring is 1. The zero-order valence-electron chi connectivity index (χ0n) is 5.23. The molecule has 0 aliphatic heterocycles. The first-order valence-electron chi connectivity index (χ1n) is 2.92. The van der Waals surface area contributed by atoms with E-state index in [4.69, 9.17) is 5.73 Å². The highest BCUT2D eigenvalue weighted by Crippen LogP contribution is 1.99. The van der Waals surface area contributed by atoms with E-state index in [-0.39, 0.29) is 0 Å². The molecular weight excluding hydrogens is 128 g/mol. The van der Waals surface area contributed by atoms with Gasteiger partial charge in [0.25, 0.3) is 0 Å². The van der Waals surface area contributed by atoms with Crippen molar-refractivity contribution in [2.75, 3.05) is 5.73 Å². The first kappa shape index (κ1) is 5.22. The van der Waals surface area contributed by atoms with Crippen LogP contribution in [0, 0.1) is 0 Å². The fraction of sp³-hybridized carbons (Fsp3) is 0. The van der Waals surface area contributed by atoms with Crippen molar-refractivity contribution < 1.29 is 0 Å². The lowest BCUT2D eigenvalue weighted by Crippen LogP contribution is -1.95. The van der Waals surface area contributed by atoms with Crippen LogP contribution in [0.25, 0.3) is 5.65 Å². The number of aromatic nitrogens is 3. The molecule has 0 atom stereocenters. The minimum Gasteiger partial charge on any atom is -0.382 e. The fourth-order valence-corrected chi connectivity index (χ4v) is 0.830. The van der Waals surface area contributed by atoms with E-state index in [0.29, 0.717) is 5.82 Å². The van der Waals surface area contributed by atoms with Gasteiger partial charge in [-0.1, -0.05) is 0 Å². The van der Waals surface area contributed by atoms with Crippen molar-refractivity contribution in [1.82, 2.24) is 14.6 Å². The summed E-state index contributed by atoms with van der Waals surface area (Å²) >= 11 is 0. The van der Waals surface area contributed by atoms with Crippen LogP contribution >= 0.6 is 0 Å². The second kappa shape index (κ2) is 1.70. The monoisotopic (exact) mass is 134 g/mol. The van der Waals surface area contributed by atoms with E-state index in [9.17, 15) is 0 Å². The molecule has 0 spiro atoms. The number of nitrogens with zero attached hydrogens (tertiary/aromatic N) is 3. The van der Waals surface area contributed by atoms with E-state index in [1.54, 1.807) is 23.0 Å². The molecule has 0 fully saturated rings. The second-order valence-electron chi connectivity index (χ2n) is 1.99. The Morgan fingerprint density at radius 1 is 1.40 bits per heavy atom. The van der Waals surface area contributed by atoms with E-state index in [0.717, 1.165) is 5.65 Å². The number of fused-ring (bicyclic) bond motifs is 1. The van der Waals surface area contributed by atoms with E-state index >= 15 is 0 Å². The minimum absolute atomic E-state index is 0.505. The summed E-state index contributed by atoms with van der Waals surface area (Å²) in [6.45, 7) is 0. The lowest BCUT2D eigenvalue weighted by atomic mass is 10.5. The Bertz CT molecular complexity index is 351. The van der Waals surface area contributed by atoms with Crippen LogP contribution in [0.3, 0.4) is 0 Å². The molecule has 0 amide bonds. The number of nitrogens with two attached hydrogens (primary N) is 1. The summed E-state index contributed by atoms with van der Waals surface area (Å²) in [6.07, 6.45) is 3.44. The Morgan fingerprint density at radius 2 is 2.30 bits per heavy atom. The standard InChI is InChI=1S/C6H6N4/c7-5-1-2-6-8-3-4-10(6)9-5/h1-4H,(H2,7,9). The average Bonchev–Trinajstić information content (AvgIpc) is 2.33. The van der Waals surface area contributed by atoms with Gasteiger partial charge in [-0.3, -0.25) is 0 Å². The van der Waals surface area contributed by atoms with Crippen molar-refractivity contribution in [3.63, 3.8) is 0 Å². The zero-order valence-corrected chi connectivity index (χ0v) is 5.23. The summed E-state index contributed by atoms with van der Waals surface area (Å²) in [4.78, 5) is 4.00. The number of hydrogen-bond acceptors (Lipinski definition) is 3. The lowest BCUT2D eigenvalue weighted by Gasteiger charge is -1.91. The van der Waals surface area contributed by atoms with Crippen molar-refractivity contribution in [3.05, 3.63) is 24.5 Å². The van der Waals surface area contributed by atoms with Crippen LogP contribution in [-0.2, 0) is 0 Å². The lowest BCUT2D eigenvalue weighted by molar-refractivity contribution is 0.946. The van der Waals surface area contributed by atoms with Gasteiger partial charge in [0.2, 0.25) is 0 Å². The molecule has 2 rings (SSSR count). The Labute approximate surface area is 57.3 Å². The van der Waals surface area contributed by atoms with Crippen LogP contribution in [0.15, 0.2) is 24.5 Å². The first-order valence-corrected chi connectivity index (χ1v) is 2.92. The van der Waals surface area contributed by atoms with Gasteiger partial charge in [0.15, 0.2) is 5.65 Å². The molecule has 0 unspecified atom stereocenters. The van der Waals surface area contributed by atoms with Gasteiger partial charge < -0.3 is 5.73 Å². The van der Waals surface area contributed by atoms with Crippen LogP contribution in [-0.4, -0.2) is 14.6 Å². The van der Waals surface area contributed by atoms with Gasteiger partial charge >= 0.3 is 0 Å². The van der Waals surface area contributed by atoms with Crippen molar-refractivity contribution in [3.8, 4) is 0 Å². The predicted octanol–water partition coefficient (Wildman–Crippen LogP) is 0.311. The molecule has 0 aliphatic carbocycles. The molecule has 0 saturated carbocycles. The Morgan fingerprint density at radius 3 is 3.20 bits per heavy atom. The van der Waals surface area contributed by atoms with E-state index in [1.165, 1.54) is 0 Å². The van der Waals surface area contributed by atoms with Crippen molar-refractivity contribution >= 4 is 11.5 Å². The first-order chi connectivity index (χ1) is 4.86. The zero-order chi connectivity index (χ0) is 6.97. The van der Waals surface area contributed by atoms with Crippen LogP contribution in [0.5, 0.6) is 0 Å². The number of imidazole rings is 1. The number of anilines is 1. The third-order valence-corrected chi connectivity index (χ3v) is 1.28. The normalized spacial score (nSPS) is 10.4. The van der Waals surface area contributed by atoms with Crippen molar-refractivity contribution in [1.29, 1.82) is 0 Å². The minimum atomic E-state index is 0.505. The summed E-state index contributed by atoms with van der Waals surface area (Å²) in [5.41, 5.74) is 6.24. The average molecular weight is 134 g/mol. The molecule has 50 valence electrons. The second-order valence-corrected chi connectivity index (χ2v) is 1.99. The van der Waals surface area contributed by atoms with E-state index < -0.39 is 0 Å². The maximum Gasteiger partial charge on any atom is 0.153 e. The molecule has 0 bridgehead atoms. The quantitative estimate of drug-likeness (QED) is 0.564. The molecule has 0 aromatic carbocycles. The van der Waals surface area contributed by atoms with E-state index in [2.05, 4.69) is 10.1 Å². The molecule has 2 aromatic rings.